The lowest BCUT2D eigenvalue weighted by Gasteiger charge is -2.33. The van der Waals surface area contributed by atoms with Crippen LogP contribution in [0.25, 0.3) is 0 Å². The fraction of sp³-hybridized carbons (Fsp3) is 0.462. The molecule has 0 saturated carbocycles. The molecule has 1 saturated heterocycles. The summed E-state index contributed by atoms with van der Waals surface area (Å²) in [5, 5.41) is 18.2. The molecule has 7 nitrogen and oxygen atoms in total. The summed E-state index contributed by atoms with van der Waals surface area (Å²) in [5.74, 6) is -1.29. The standard InChI is InChI=1S/C13H18N2O5S/c1-14(11-2-4-12(16)5-3-11)21(19,20)15-8-6-10(7-9-15)13(17)18/h2-5,10,16H,6-9H2,1H3,(H,17,18). The lowest BCUT2D eigenvalue weighted by Crippen LogP contribution is -2.46. The van der Waals surface area contributed by atoms with Crippen molar-refractivity contribution < 1.29 is 23.4 Å². The van der Waals surface area contributed by atoms with Crippen molar-refractivity contribution in [3.63, 3.8) is 0 Å². The van der Waals surface area contributed by atoms with E-state index < -0.39 is 22.1 Å². The topological polar surface area (TPSA) is 98.2 Å². The number of hydrogen-bond acceptors (Lipinski definition) is 4. The Bertz CT molecular complexity index is 606. The van der Waals surface area contributed by atoms with Gasteiger partial charge in [-0.05, 0) is 37.1 Å². The van der Waals surface area contributed by atoms with Crippen LogP contribution >= 0.6 is 0 Å². The number of carboxylic acids is 1. The Balaban J connectivity index is 2.11. The van der Waals surface area contributed by atoms with E-state index in [1.807, 2.05) is 0 Å². The number of carbonyl (C=O) groups is 1. The maximum Gasteiger partial charge on any atom is 0.306 e. The SMILES string of the molecule is CN(c1ccc(O)cc1)S(=O)(=O)N1CCC(C(=O)O)CC1. The van der Waals surface area contributed by atoms with Crippen molar-refractivity contribution in [2.24, 2.45) is 5.92 Å². The highest BCUT2D eigenvalue weighted by Gasteiger charge is 2.33. The Hall–Kier alpha value is -1.80. The van der Waals surface area contributed by atoms with Crippen LogP contribution in [0.1, 0.15) is 12.8 Å². The predicted octanol–water partition coefficient (Wildman–Crippen LogP) is 0.870. The first kappa shape index (κ1) is 15.6. The molecule has 1 aromatic rings. The van der Waals surface area contributed by atoms with Crippen molar-refractivity contribution in [3.8, 4) is 5.75 Å². The molecule has 0 radical (unpaired) electrons. The first-order chi connectivity index (χ1) is 9.82. The van der Waals surface area contributed by atoms with Crippen LogP contribution in [0.3, 0.4) is 0 Å². The minimum Gasteiger partial charge on any atom is -0.508 e. The molecule has 0 amide bonds. The molecule has 1 fully saturated rings. The van der Waals surface area contributed by atoms with E-state index >= 15 is 0 Å². The van der Waals surface area contributed by atoms with Gasteiger partial charge in [-0.3, -0.25) is 9.10 Å². The van der Waals surface area contributed by atoms with Gasteiger partial charge in [0.1, 0.15) is 5.75 Å². The lowest BCUT2D eigenvalue weighted by atomic mass is 9.99. The third-order valence-electron chi connectivity index (χ3n) is 3.69. The molecule has 0 aromatic heterocycles. The van der Waals surface area contributed by atoms with E-state index in [4.69, 9.17) is 5.11 Å². The van der Waals surface area contributed by atoms with Crippen LogP contribution in [0.5, 0.6) is 5.75 Å². The molecule has 0 unspecified atom stereocenters. The molecule has 1 aliphatic rings. The Morgan fingerprint density at radius 1 is 1.24 bits per heavy atom. The second-order valence-electron chi connectivity index (χ2n) is 5.00. The smallest absolute Gasteiger partial charge is 0.306 e. The van der Waals surface area contributed by atoms with E-state index in [1.165, 1.54) is 35.6 Å². The maximum absolute atomic E-state index is 12.5. The average Bonchev–Trinajstić information content (AvgIpc) is 2.47. The van der Waals surface area contributed by atoms with Crippen LogP contribution in [-0.4, -0.2) is 49.0 Å². The van der Waals surface area contributed by atoms with E-state index in [2.05, 4.69) is 0 Å². The summed E-state index contributed by atoms with van der Waals surface area (Å²) in [6, 6.07) is 5.85. The molecule has 0 bridgehead atoms. The van der Waals surface area contributed by atoms with Gasteiger partial charge in [0, 0.05) is 20.1 Å². The quantitative estimate of drug-likeness (QED) is 0.859. The van der Waals surface area contributed by atoms with Gasteiger partial charge in [-0.15, -0.1) is 0 Å². The predicted molar refractivity (Wildman–Crippen MR) is 77.4 cm³/mol. The van der Waals surface area contributed by atoms with Crippen LogP contribution < -0.4 is 4.31 Å². The molecule has 2 N–H and O–H groups in total. The van der Waals surface area contributed by atoms with Gasteiger partial charge in [0.05, 0.1) is 11.6 Å². The number of rotatable bonds is 4. The van der Waals surface area contributed by atoms with Crippen molar-refractivity contribution >= 4 is 21.9 Å². The number of piperidine rings is 1. The van der Waals surface area contributed by atoms with Crippen molar-refractivity contribution in [3.05, 3.63) is 24.3 Å². The van der Waals surface area contributed by atoms with E-state index in [-0.39, 0.29) is 18.8 Å². The van der Waals surface area contributed by atoms with Gasteiger partial charge in [-0.2, -0.15) is 12.7 Å². The molecule has 1 heterocycles. The molecular weight excluding hydrogens is 296 g/mol. The molecule has 0 atom stereocenters. The maximum atomic E-state index is 12.5. The number of nitrogens with zero attached hydrogens (tertiary/aromatic N) is 2. The van der Waals surface area contributed by atoms with Crippen molar-refractivity contribution in [1.29, 1.82) is 0 Å². The van der Waals surface area contributed by atoms with Crippen LogP contribution in [0.15, 0.2) is 24.3 Å². The first-order valence-electron chi connectivity index (χ1n) is 6.58. The highest BCUT2D eigenvalue weighted by atomic mass is 32.2. The number of aromatic hydroxyl groups is 1. The minimum atomic E-state index is -3.68. The third-order valence-corrected chi connectivity index (χ3v) is 5.61. The van der Waals surface area contributed by atoms with Gasteiger partial charge >= 0.3 is 16.2 Å². The average molecular weight is 314 g/mol. The number of phenolic OH excluding ortho intramolecular Hbond substituents is 1. The van der Waals surface area contributed by atoms with Crippen LogP contribution in [-0.2, 0) is 15.0 Å². The van der Waals surface area contributed by atoms with Gasteiger partial charge in [0.2, 0.25) is 0 Å². The van der Waals surface area contributed by atoms with Gasteiger partial charge < -0.3 is 10.2 Å². The molecule has 1 aliphatic heterocycles. The molecule has 0 aliphatic carbocycles. The Morgan fingerprint density at radius 2 is 1.76 bits per heavy atom. The summed E-state index contributed by atoms with van der Waals surface area (Å²) in [6.07, 6.45) is 0.635. The molecule has 116 valence electrons. The largest absolute Gasteiger partial charge is 0.508 e. The molecule has 8 heteroatoms. The van der Waals surface area contributed by atoms with Crippen molar-refractivity contribution in [2.75, 3.05) is 24.4 Å². The van der Waals surface area contributed by atoms with Gasteiger partial charge in [-0.1, -0.05) is 0 Å². The van der Waals surface area contributed by atoms with Gasteiger partial charge in [0.25, 0.3) is 0 Å². The molecule has 0 spiro atoms. The Morgan fingerprint density at radius 3 is 2.24 bits per heavy atom. The first-order valence-corrected chi connectivity index (χ1v) is 7.98. The van der Waals surface area contributed by atoms with E-state index in [0.29, 0.717) is 18.5 Å². The number of benzene rings is 1. The second-order valence-corrected chi connectivity index (χ2v) is 6.96. The number of phenols is 1. The second kappa shape index (κ2) is 5.90. The fourth-order valence-electron chi connectivity index (χ4n) is 2.30. The Labute approximate surface area is 123 Å². The minimum absolute atomic E-state index is 0.0619. The molecule has 21 heavy (non-hydrogen) atoms. The summed E-state index contributed by atoms with van der Waals surface area (Å²) in [5.41, 5.74) is 0.438. The number of aliphatic carboxylic acids is 1. The molecule has 2 rings (SSSR count). The highest BCUT2D eigenvalue weighted by Crippen LogP contribution is 2.25. The fourth-order valence-corrected chi connectivity index (χ4v) is 3.71. The summed E-state index contributed by atoms with van der Waals surface area (Å²) < 4.78 is 27.4. The van der Waals surface area contributed by atoms with Crippen LogP contribution in [0, 0.1) is 5.92 Å². The summed E-state index contributed by atoms with van der Waals surface area (Å²) >= 11 is 0. The highest BCUT2D eigenvalue weighted by molar-refractivity contribution is 7.90. The zero-order valence-electron chi connectivity index (χ0n) is 11.6. The van der Waals surface area contributed by atoms with Crippen LogP contribution in [0.2, 0.25) is 0 Å². The summed E-state index contributed by atoms with van der Waals surface area (Å²) in [4.78, 5) is 10.9. The summed E-state index contributed by atoms with van der Waals surface area (Å²) in [6.45, 7) is 0.392. The molecule has 1 aromatic carbocycles. The zero-order valence-corrected chi connectivity index (χ0v) is 12.5. The van der Waals surface area contributed by atoms with E-state index in [1.54, 1.807) is 0 Å². The zero-order chi connectivity index (χ0) is 15.6. The van der Waals surface area contributed by atoms with E-state index in [0.717, 1.165) is 4.31 Å². The lowest BCUT2D eigenvalue weighted by molar-refractivity contribution is -0.142. The van der Waals surface area contributed by atoms with Gasteiger partial charge in [0.15, 0.2) is 0 Å². The number of anilines is 1. The van der Waals surface area contributed by atoms with Crippen LogP contribution in [0.4, 0.5) is 5.69 Å². The monoisotopic (exact) mass is 314 g/mol. The van der Waals surface area contributed by atoms with Crippen molar-refractivity contribution in [2.45, 2.75) is 12.8 Å². The van der Waals surface area contributed by atoms with E-state index in [9.17, 15) is 18.3 Å². The normalized spacial score (nSPS) is 17.6. The Kier molecular flexibility index (Phi) is 4.38. The van der Waals surface area contributed by atoms with Gasteiger partial charge in [-0.25, -0.2) is 0 Å². The number of hydrogen-bond donors (Lipinski definition) is 2. The molecular formula is C13H18N2O5S. The third kappa shape index (κ3) is 3.27. The summed E-state index contributed by atoms with van der Waals surface area (Å²) in [7, 11) is -2.25. The number of carboxylic acid groups (broad SMARTS) is 1. The van der Waals surface area contributed by atoms with Crippen molar-refractivity contribution in [1.82, 2.24) is 4.31 Å².